The van der Waals surface area contributed by atoms with Crippen LogP contribution in [0.2, 0.25) is 0 Å². The zero-order valence-corrected chi connectivity index (χ0v) is 15.5. The average molecular weight is 377 g/mol. The highest BCUT2D eigenvalue weighted by molar-refractivity contribution is 5.85. The molecule has 5 atom stereocenters. The molecule has 2 saturated carbocycles. The summed E-state index contributed by atoms with van der Waals surface area (Å²) in [6.45, 7) is 1.88. The highest BCUT2D eigenvalue weighted by atomic mass is 35.5. The molecule has 1 aromatic rings. The van der Waals surface area contributed by atoms with Crippen molar-refractivity contribution in [2.24, 2.45) is 30.5 Å². The Morgan fingerprint density at radius 1 is 1.33 bits per heavy atom. The summed E-state index contributed by atoms with van der Waals surface area (Å²) in [5, 5.41) is 4.20. The molecule has 2 aliphatic carbocycles. The fourth-order valence-electron chi connectivity index (χ4n) is 4.57. The van der Waals surface area contributed by atoms with Crippen molar-refractivity contribution in [3.8, 4) is 0 Å². The van der Waals surface area contributed by atoms with Gasteiger partial charge in [0.1, 0.15) is 6.10 Å². The van der Waals surface area contributed by atoms with E-state index in [-0.39, 0.29) is 48.8 Å². The number of amides is 1. The molecule has 1 aromatic heterocycles. The van der Waals surface area contributed by atoms with E-state index in [1.54, 1.807) is 4.68 Å². The van der Waals surface area contributed by atoms with Crippen molar-refractivity contribution in [3.63, 3.8) is 0 Å². The number of hydrogen-bond donors (Lipinski definition) is 1. The minimum Gasteiger partial charge on any atom is -0.370 e. The van der Waals surface area contributed by atoms with Gasteiger partial charge in [-0.3, -0.25) is 9.48 Å². The molecule has 8 heteroatoms. The summed E-state index contributed by atoms with van der Waals surface area (Å²) in [4.78, 5) is 14.9. The first-order chi connectivity index (χ1) is 10.6. The Balaban J connectivity index is 0.00000104. The maximum Gasteiger partial charge on any atom is 0.227 e. The second-order valence-corrected chi connectivity index (χ2v) is 7.03. The van der Waals surface area contributed by atoms with Crippen molar-refractivity contribution >= 4 is 30.7 Å². The molecule has 3 fully saturated rings. The zero-order chi connectivity index (χ0) is 15.3. The van der Waals surface area contributed by atoms with Crippen LogP contribution in [-0.2, 0) is 16.6 Å². The predicted octanol–water partition coefficient (Wildman–Crippen LogP) is 1.54. The van der Waals surface area contributed by atoms with Crippen LogP contribution in [0.4, 0.5) is 0 Å². The van der Waals surface area contributed by atoms with E-state index in [9.17, 15) is 4.79 Å². The fraction of sp³-hybridized carbons (Fsp3) is 0.750. The predicted molar refractivity (Wildman–Crippen MR) is 95.3 cm³/mol. The highest BCUT2D eigenvalue weighted by Gasteiger charge is 2.50. The van der Waals surface area contributed by atoms with E-state index in [1.165, 1.54) is 12.8 Å². The monoisotopic (exact) mass is 376 g/mol. The van der Waals surface area contributed by atoms with Crippen LogP contribution < -0.4 is 5.73 Å². The number of nitrogens with zero attached hydrogens (tertiary/aromatic N) is 3. The highest BCUT2D eigenvalue weighted by Crippen LogP contribution is 2.48. The Kier molecular flexibility index (Phi) is 6.18. The number of carbonyl (C=O) groups is 1. The lowest BCUT2D eigenvalue weighted by atomic mass is 9.84. The normalized spacial score (nSPS) is 34.6. The number of morpholine rings is 1. The molecule has 1 saturated heterocycles. The lowest BCUT2D eigenvalue weighted by Crippen LogP contribution is -2.50. The Hall–Kier alpha value is -0.820. The van der Waals surface area contributed by atoms with Crippen LogP contribution >= 0.6 is 24.8 Å². The maximum atomic E-state index is 13.0. The molecular weight excluding hydrogens is 351 g/mol. The Bertz CT molecular complexity index is 580. The van der Waals surface area contributed by atoms with E-state index < -0.39 is 0 Å². The van der Waals surface area contributed by atoms with Gasteiger partial charge in [0.05, 0.1) is 25.3 Å². The van der Waals surface area contributed by atoms with Gasteiger partial charge in [-0.25, -0.2) is 0 Å². The standard InChI is InChI=1S/C16H24N4O2.2ClH/c1-19-8-12(7-18-19)13-9-20(4-5-22-13)16(21)14-10-2-3-11(6-10)15(14)17;;/h7-8,10-11,13-15H,2-6,9,17H2,1H3;2*1H. The number of aryl methyl sites for hydroxylation is 1. The van der Waals surface area contributed by atoms with Crippen molar-refractivity contribution in [1.29, 1.82) is 0 Å². The molecule has 24 heavy (non-hydrogen) atoms. The number of fused-ring (bicyclic) bond motifs is 2. The average Bonchev–Trinajstić information content (AvgIpc) is 3.23. The summed E-state index contributed by atoms with van der Waals surface area (Å²) in [5.41, 5.74) is 7.37. The zero-order valence-electron chi connectivity index (χ0n) is 13.8. The lowest BCUT2D eigenvalue weighted by molar-refractivity contribution is -0.145. The molecule has 4 rings (SSSR count). The molecule has 2 bridgehead atoms. The first-order valence-electron chi connectivity index (χ1n) is 8.28. The van der Waals surface area contributed by atoms with Gasteiger partial charge in [-0.05, 0) is 31.1 Å². The topological polar surface area (TPSA) is 73.4 Å². The molecule has 0 radical (unpaired) electrons. The minimum atomic E-state index is -0.0683. The molecule has 136 valence electrons. The first-order valence-corrected chi connectivity index (χ1v) is 8.28. The van der Waals surface area contributed by atoms with Gasteiger partial charge in [0.2, 0.25) is 5.91 Å². The van der Waals surface area contributed by atoms with Gasteiger partial charge in [-0.15, -0.1) is 24.8 Å². The van der Waals surface area contributed by atoms with E-state index >= 15 is 0 Å². The molecule has 3 aliphatic rings. The minimum absolute atomic E-state index is 0. The van der Waals surface area contributed by atoms with Gasteiger partial charge in [0.15, 0.2) is 0 Å². The van der Waals surface area contributed by atoms with Crippen molar-refractivity contribution in [3.05, 3.63) is 18.0 Å². The summed E-state index contributed by atoms with van der Waals surface area (Å²) in [6, 6.07) is 0.0611. The molecular formula is C16H26Cl2N4O2. The number of rotatable bonds is 2. The molecule has 1 amide bonds. The second-order valence-electron chi connectivity index (χ2n) is 7.03. The van der Waals surface area contributed by atoms with Crippen molar-refractivity contribution in [2.45, 2.75) is 31.4 Å². The molecule has 0 aromatic carbocycles. The van der Waals surface area contributed by atoms with Crippen LogP contribution in [0.5, 0.6) is 0 Å². The Morgan fingerprint density at radius 3 is 2.71 bits per heavy atom. The largest absolute Gasteiger partial charge is 0.370 e. The lowest BCUT2D eigenvalue weighted by Gasteiger charge is -2.37. The SMILES string of the molecule is Cl.Cl.Cn1cc(C2CN(C(=O)C3C4CCC(C4)C3N)CCO2)cn1. The fourth-order valence-corrected chi connectivity index (χ4v) is 4.57. The first kappa shape index (κ1) is 19.5. The summed E-state index contributed by atoms with van der Waals surface area (Å²) in [5.74, 6) is 1.35. The van der Waals surface area contributed by atoms with E-state index in [4.69, 9.17) is 10.5 Å². The summed E-state index contributed by atoms with van der Waals surface area (Å²) in [7, 11) is 1.89. The molecule has 1 aliphatic heterocycles. The summed E-state index contributed by atoms with van der Waals surface area (Å²) < 4.78 is 7.60. The van der Waals surface area contributed by atoms with E-state index in [2.05, 4.69) is 5.10 Å². The third-order valence-electron chi connectivity index (χ3n) is 5.74. The third-order valence-corrected chi connectivity index (χ3v) is 5.74. The number of aromatic nitrogens is 2. The number of hydrogen-bond acceptors (Lipinski definition) is 4. The number of ether oxygens (including phenoxy) is 1. The third kappa shape index (κ3) is 3.29. The maximum absolute atomic E-state index is 13.0. The van der Waals surface area contributed by atoms with Crippen LogP contribution in [-0.4, -0.2) is 46.3 Å². The van der Waals surface area contributed by atoms with E-state index in [0.717, 1.165) is 12.0 Å². The van der Waals surface area contributed by atoms with E-state index in [1.807, 2.05) is 24.3 Å². The van der Waals surface area contributed by atoms with Gasteiger partial charge in [-0.1, -0.05) is 0 Å². The molecule has 2 heterocycles. The van der Waals surface area contributed by atoms with Gasteiger partial charge in [0, 0.05) is 31.4 Å². The second kappa shape index (κ2) is 7.60. The molecule has 2 N–H and O–H groups in total. The summed E-state index contributed by atoms with van der Waals surface area (Å²) in [6.07, 6.45) is 7.24. The van der Waals surface area contributed by atoms with Crippen LogP contribution in [0.3, 0.4) is 0 Å². The van der Waals surface area contributed by atoms with E-state index in [0.29, 0.717) is 31.5 Å². The van der Waals surface area contributed by atoms with Gasteiger partial charge >= 0.3 is 0 Å². The van der Waals surface area contributed by atoms with Crippen molar-refractivity contribution in [2.75, 3.05) is 19.7 Å². The Morgan fingerprint density at radius 2 is 2.08 bits per heavy atom. The molecule has 0 spiro atoms. The molecule has 6 nitrogen and oxygen atoms in total. The Labute approximate surface area is 154 Å². The summed E-state index contributed by atoms with van der Waals surface area (Å²) >= 11 is 0. The number of carbonyl (C=O) groups excluding carboxylic acids is 1. The van der Waals surface area contributed by atoms with Crippen LogP contribution in [0, 0.1) is 17.8 Å². The number of halogens is 2. The van der Waals surface area contributed by atoms with Crippen LogP contribution in [0.15, 0.2) is 12.4 Å². The van der Waals surface area contributed by atoms with Crippen molar-refractivity contribution < 1.29 is 9.53 Å². The van der Waals surface area contributed by atoms with Gasteiger partial charge < -0.3 is 15.4 Å². The smallest absolute Gasteiger partial charge is 0.227 e. The van der Waals surface area contributed by atoms with Crippen LogP contribution in [0.25, 0.3) is 0 Å². The van der Waals surface area contributed by atoms with Crippen LogP contribution in [0.1, 0.15) is 30.9 Å². The molecule has 5 unspecified atom stereocenters. The van der Waals surface area contributed by atoms with Gasteiger partial charge in [-0.2, -0.15) is 5.10 Å². The van der Waals surface area contributed by atoms with Crippen molar-refractivity contribution in [1.82, 2.24) is 14.7 Å². The van der Waals surface area contributed by atoms with Gasteiger partial charge in [0.25, 0.3) is 0 Å². The number of nitrogens with two attached hydrogens (primary N) is 1. The quantitative estimate of drug-likeness (QED) is 0.849.